The second-order valence-electron chi connectivity index (χ2n) is 7.31. The van der Waals surface area contributed by atoms with Crippen LogP contribution in [0.1, 0.15) is 12.8 Å². The van der Waals surface area contributed by atoms with Gasteiger partial charge >= 0.3 is 0 Å². The third-order valence-corrected chi connectivity index (χ3v) is 6.51. The second-order valence-corrected chi connectivity index (χ2v) is 8.30. The number of benzene rings is 1. The van der Waals surface area contributed by atoms with Gasteiger partial charge in [0.05, 0.1) is 4.88 Å². The Morgan fingerprint density at radius 1 is 1.04 bits per heavy atom. The molecule has 1 saturated carbocycles. The molecule has 0 N–H and O–H groups in total. The van der Waals surface area contributed by atoms with E-state index in [1.54, 1.807) is 6.20 Å². The molecule has 3 aliphatic heterocycles. The van der Waals surface area contributed by atoms with Crippen molar-refractivity contribution in [3.8, 4) is 15.6 Å². The first-order valence-corrected chi connectivity index (χ1v) is 9.27. The van der Waals surface area contributed by atoms with Crippen LogP contribution in [-0.4, -0.2) is 35.6 Å². The summed E-state index contributed by atoms with van der Waals surface area (Å²) < 4.78 is 33.0. The van der Waals surface area contributed by atoms with E-state index in [-0.39, 0.29) is 6.10 Å². The Balaban J connectivity index is 1.36. The van der Waals surface area contributed by atoms with E-state index in [1.165, 1.54) is 42.9 Å². The highest BCUT2D eigenvalue weighted by molar-refractivity contribution is 7.16. The summed E-state index contributed by atoms with van der Waals surface area (Å²) in [6, 6.07) is 3.54. The maximum Gasteiger partial charge on any atom is 0.273 e. The van der Waals surface area contributed by atoms with Gasteiger partial charge in [-0.05, 0) is 36.5 Å². The Kier molecular flexibility index (Phi) is 3.38. The molecule has 4 aliphatic rings. The number of rotatable bonds is 3. The van der Waals surface area contributed by atoms with Gasteiger partial charge < -0.3 is 9.64 Å². The molecule has 2 atom stereocenters. The third-order valence-electron chi connectivity index (χ3n) is 5.57. The maximum absolute atomic E-state index is 13.4. The predicted octanol–water partition coefficient (Wildman–Crippen LogP) is 3.81. The van der Waals surface area contributed by atoms with Crippen LogP contribution in [0, 0.1) is 29.4 Å². The monoisotopic (exact) mass is 348 g/mol. The van der Waals surface area contributed by atoms with Gasteiger partial charge in [0.2, 0.25) is 0 Å². The molecule has 6 rings (SSSR count). The van der Waals surface area contributed by atoms with E-state index in [1.807, 2.05) is 0 Å². The Bertz CT molecular complexity index is 730. The molecule has 1 aromatic heterocycles. The summed E-state index contributed by atoms with van der Waals surface area (Å²) in [5.41, 5.74) is 0.510. The molecule has 0 spiro atoms. The quantitative estimate of drug-likeness (QED) is 0.843. The number of nitrogens with zero attached hydrogens (tertiary/aromatic N) is 2. The largest absolute Gasteiger partial charge is 0.466 e. The zero-order chi connectivity index (χ0) is 16.3. The van der Waals surface area contributed by atoms with Crippen LogP contribution in [0.3, 0.4) is 0 Å². The molecular formula is C18H18F2N2OS. The fourth-order valence-electron chi connectivity index (χ4n) is 4.81. The predicted molar refractivity (Wildman–Crippen MR) is 88.0 cm³/mol. The van der Waals surface area contributed by atoms with E-state index in [2.05, 4.69) is 9.88 Å². The van der Waals surface area contributed by atoms with E-state index < -0.39 is 11.6 Å². The van der Waals surface area contributed by atoms with Crippen LogP contribution in [0.2, 0.25) is 0 Å². The summed E-state index contributed by atoms with van der Waals surface area (Å²) in [5, 5.41) is 0.613. The highest BCUT2D eigenvalue weighted by atomic mass is 32.1. The van der Waals surface area contributed by atoms with Crippen molar-refractivity contribution in [2.75, 3.05) is 19.6 Å². The van der Waals surface area contributed by atoms with Gasteiger partial charge in [0.15, 0.2) is 0 Å². The molecular weight excluding hydrogens is 330 g/mol. The summed E-state index contributed by atoms with van der Waals surface area (Å²) in [6.45, 7) is 3.52. The summed E-state index contributed by atoms with van der Waals surface area (Å²) in [4.78, 5) is 7.64. The fourth-order valence-corrected chi connectivity index (χ4v) is 5.61. The zero-order valence-electron chi connectivity index (χ0n) is 13.1. The minimum absolute atomic E-state index is 0.237. The van der Waals surface area contributed by atoms with Crippen molar-refractivity contribution < 1.29 is 13.5 Å². The molecule has 4 heterocycles. The van der Waals surface area contributed by atoms with Crippen LogP contribution >= 0.6 is 11.3 Å². The van der Waals surface area contributed by atoms with Crippen molar-refractivity contribution in [1.82, 2.24) is 9.88 Å². The van der Waals surface area contributed by atoms with Crippen LogP contribution in [0.25, 0.3) is 10.4 Å². The first kappa shape index (κ1) is 14.8. The third kappa shape index (κ3) is 2.52. The van der Waals surface area contributed by atoms with Gasteiger partial charge in [-0.1, -0.05) is 11.3 Å². The molecule has 3 nitrogen and oxygen atoms in total. The first-order chi connectivity index (χ1) is 11.6. The van der Waals surface area contributed by atoms with Gasteiger partial charge in [-0.15, -0.1) is 0 Å². The van der Waals surface area contributed by atoms with Gasteiger partial charge in [-0.2, -0.15) is 0 Å². The minimum atomic E-state index is -0.573. The van der Waals surface area contributed by atoms with Crippen molar-refractivity contribution in [2.24, 2.45) is 17.8 Å². The highest BCUT2D eigenvalue weighted by Crippen LogP contribution is 2.45. The van der Waals surface area contributed by atoms with Crippen molar-refractivity contribution in [1.29, 1.82) is 0 Å². The number of aromatic nitrogens is 1. The number of hydrogen-bond acceptors (Lipinski definition) is 4. The van der Waals surface area contributed by atoms with Gasteiger partial charge in [0.25, 0.3) is 5.19 Å². The number of piperidine rings is 3. The summed E-state index contributed by atoms with van der Waals surface area (Å²) in [7, 11) is 0. The molecule has 6 heteroatoms. The van der Waals surface area contributed by atoms with Crippen LogP contribution < -0.4 is 4.74 Å². The van der Waals surface area contributed by atoms with E-state index in [4.69, 9.17) is 4.74 Å². The molecule has 1 aromatic carbocycles. The lowest BCUT2D eigenvalue weighted by molar-refractivity contribution is -0.0985. The molecule has 0 radical (unpaired) electrons. The van der Waals surface area contributed by atoms with E-state index >= 15 is 0 Å². The van der Waals surface area contributed by atoms with Crippen molar-refractivity contribution in [2.45, 2.75) is 18.9 Å². The molecule has 2 unspecified atom stereocenters. The van der Waals surface area contributed by atoms with E-state index in [9.17, 15) is 8.78 Å². The molecule has 3 saturated heterocycles. The van der Waals surface area contributed by atoms with Crippen molar-refractivity contribution in [3.63, 3.8) is 0 Å². The molecule has 126 valence electrons. The van der Waals surface area contributed by atoms with E-state index in [0.29, 0.717) is 22.6 Å². The summed E-state index contributed by atoms with van der Waals surface area (Å²) in [5.74, 6) is 0.877. The Labute approximate surface area is 143 Å². The van der Waals surface area contributed by atoms with Gasteiger partial charge in [-0.3, -0.25) is 0 Å². The smallest absolute Gasteiger partial charge is 0.273 e. The fraction of sp³-hybridized carbons (Fsp3) is 0.500. The normalized spacial score (nSPS) is 33.8. The van der Waals surface area contributed by atoms with Gasteiger partial charge in [0, 0.05) is 43.7 Å². The first-order valence-electron chi connectivity index (χ1n) is 8.45. The Morgan fingerprint density at radius 2 is 1.75 bits per heavy atom. The summed E-state index contributed by atoms with van der Waals surface area (Å²) in [6.07, 6.45) is 4.39. The van der Waals surface area contributed by atoms with Gasteiger partial charge in [-0.25, -0.2) is 13.8 Å². The minimum Gasteiger partial charge on any atom is -0.466 e. The van der Waals surface area contributed by atoms with Crippen molar-refractivity contribution >= 4 is 11.3 Å². The van der Waals surface area contributed by atoms with Crippen LogP contribution in [0.15, 0.2) is 24.4 Å². The molecule has 4 bridgehead atoms. The topological polar surface area (TPSA) is 25.4 Å². The number of ether oxygens (including phenoxy) is 1. The Morgan fingerprint density at radius 3 is 2.42 bits per heavy atom. The number of hydrogen-bond donors (Lipinski definition) is 0. The lowest BCUT2D eigenvalue weighted by atomic mass is 9.66. The lowest BCUT2D eigenvalue weighted by Crippen LogP contribution is -2.61. The van der Waals surface area contributed by atoms with Gasteiger partial charge in [0.1, 0.15) is 17.7 Å². The standard InChI is InChI=1S/C18H18F2N2OS/c19-14-3-11(4-15(20)5-14)16-6-21-18(24-16)23-17-12-1-10-2-13(17)9-22(7-10)8-12/h3-6,10,12-13,17H,1-2,7-9H2. The zero-order valence-corrected chi connectivity index (χ0v) is 13.9. The number of halogens is 2. The average Bonchev–Trinajstić information content (AvgIpc) is 2.98. The lowest BCUT2D eigenvalue weighted by Gasteiger charge is -2.55. The maximum atomic E-state index is 13.4. The molecule has 1 aliphatic carbocycles. The van der Waals surface area contributed by atoms with E-state index in [0.717, 1.165) is 30.0 Å². The average molecular weight is 348 g/mol. The second kappa shape index (κ2) is 5.49. The van der Waals surface area contributed by atoms with Crippen LogP contribution in [-0.2, 0) is 0 Å². The molecule has 0 amide bonds. The van der Waals surface area contributed by atoms with Crippen LogP contribution in [0.4, 0.5) is 8.78 Å². The van der Waals surface area contributed by atoms with Crippen LogP contribution in [0.5, 0.6) is 5.19 Å². The Hall–Kier alpha value is -1.53. The molecule has 2 aromatic rings. The SMILES string of the molecule is Fc1cc(F)cc(-c2cnc(OC3C4CC5CC3CN(C5)C4)s2)c1. The number of thiazole rings is 1. The molecule has 4 fully saturated rings. The summed E-state index contributed by atoms with van der Waals surface area (Å²) >= 11 is 1.37. The molecule has 24 heavy (non-hydrogen) atoms. The highest BCUT2D eigenvalue weighted by Gasteiger charge is 2.48. The van der Waals surface area contributed by atoms with Crippen molar-refractivity contribution in [3.05, 3.63) is 36.0 Å².